The lowest BCUT2D eigenvalue weighted by Gasteiger charge is -2.46. The smallest absolute Gasteiger partial charge is 0.211 e. The molecule has 4 rings (SSSR count). The van der Waals surface area contributed by atoms with Gasteiger partial charge in [0.2, 0.25) is 10.0 Å². The Labute approximate surface area is 218 Å². The molecule has 0 amide bonds. The van der Waals surface area contributed by atoms with E-state index in [9.17, 15) is 8.42 Å². The molecule has 3 aromatic carbocycles. The molecule has 0 aliphatic heterocycles. The Morgan fingerprint density at radius 1 is 0.861 bits per heavy atom. The van der Waals surface area contributed by atoms with Crippen LogP contribution in [0.15, 0.2) is 101 Å². The second kappa shape index (κ2) is 10.9. The fraction of sp³-hybridized carbons (Fsp3) is 0.355. The second-order valence-corrected chi connectivity index (χ2v) is 17.7. The molecule has 0 saturated carbocycles. The van der Waals surface area contributed by atoms with Crippen LogP contribution in [0.2, 0.25) is 11.1 Å². The zero-order valence-electron chi connectivity index (χ0n) is 22.0. The highest BCUT2D eigenvalue weighted by Crippen LogP contribution is 2.43. The predicted molar refractivity (Wildman–Crippen MR) is 154 cm³/mol. The number of aryl methyl sites for hydroxylation is 1. The van der Waals surface area contributed by atoms with Gasteiger partial charge in [-0.05, 0) is 55.3 Å². The van der Waals surface area contributed by atoms with E-state index in [-0.39, 0.29) is 11.0 Å². The van der Waals surface area contributed by atoms with Crippen molar-refractivity contribution in [2.24, 2.45) is 5.92 Å². The molecule has 0 aromatic heterocycles. The van der Waals surface area contributed by atoms with E-state index in [2.05, 4.69) is 92.2 Å². The van der Waals surface area contributed by atoms with Gasteiger partial charge in [-0.3, -0.25) is 0 Å². The third-order valence-electron chi connectivity index (χ3n) is 7.82. The largest absolute Gasteiger partial charge is 0.240 e. The summed E-state index contributed by atoms with van der Waals surface area (Å²) < 4.78 is 29.1. The van der Waals surface area contributed by atoms with Gasteiger partial charge in [0.15, 0.2) is 0 Å². The lowest BCUT2D eigenvalue weighted by atomic mass is 9.89. The third kappa shape index (κ3) is 5.59. The molecule has 0 heterocycles. The predicted octanol–water partition coefficient (Wildman–Crippen LogP) is 6.06. The van der Waals surface area contributed by atoms with E-state index in [0.29, 0.717) is 11.4 Å². The monoisotopic (exact) mass is 517 g/mol. The first kappa shape index (κ1) is 26.6. The first-order chi connectivity index (χ1) is 17.1. The summed E-state index contributed by atoms with van der Waals surface area (Å²) in [6.45, 7) is 9.57. The van der Waals surface area contributed by atoms with Crippen LogP contribution in [0.25, 0.3) is 0 Å². The maximum atomic E-state index is 13.1. The van der Waals surface area contributed by atoms with Crippen LogP contribution >= 0.6 is 0 Å². The second-order valence-electron chi connectivity index (χ2n) is 11.1. The molecule has 5 heteroatoms. The Balaban J connectivity index is 1.68. The number of benzene rings is 3. The molecule has 1 N–H and O–H groups in total. The molecule has 0 radical (unpaired) electrons. The van der Waals surface area contributed by atoms with E-state index in [1.54, 1.807) is 12.1 Å². The molecule has 1 aliphatic rings. The Hall–Kier alpha value is -2.47. The molecule has 0 bridgehead atoms. The van der Waals surface area contributed by atoms with Gasteiger partial charge in [-0.15, -0.1) is 0 Å². The van der Waals surface area contributed by atoms with Crippen molar-refractivity contribution >= 4 is 28.5 Å². The number of hydrogen-bond acceptors (Lipinski definition) is 2. The molecular weight excluding hydrogens is 478 g/mol. The Morgan fingerprint density at radius 3 is 1.94 bits per heavy atom. The summed E-state index contributed by atoms with van der Waals surface area (Å²) >= 11 is 0. The summed E-state index contributed by atoms with van der Waals surface area (Å²) in [6, 6.07) is 30.2. The molecule has 1 aliphatic carbocycles. The van der Waals surface area contributed by atoms with Gasteiger partial charge in [0.1, 0.15) is 8.07 Å². The fourth-order valence-corrected chi connectivity index (χ4v) is 12.4. The zero-order valence-corrected chi connectivity index (χ0v) is 23.8. The van der Waals surface area contributed by atoms with Gasteiger partial charge >= 0.3 is 0 Å². The highest BCUT2D eigenvalue weighted by Gasteiger charge is 2.48. The summed E-state index contributed by atoms with van der Waals surface area (Å²) in [5.74, 6) is 0.209. The van der Waals surface area contributed by atoms with Crippen LogP contribution in [-0.2, 0) is 10.0 Å². The highest BCUT2D eigenvalue weighted by atomic mass is 32.2. The van der Waals surface area contributed by atoms with Crippen LogP contribution in [0.3, 0.4) is 0 Å². The van der Waals surface area contributed by atoms with Crippen molar-refractivity contribution in [2.45, 2.75) is 62.9 Å². The topological polar surface area (TPSA) is 46.2 Å². The molecule has 1 atom stereocenters. The summed E-state index contributed by atoms with van der Waals surface area (Å²) in [6.07, 6.45) is 5.59. The first-order valence-corrected chi connectivity index (χ1v) is 16.7. The number of hydrogen-bond donors (Lipinski definition) is 1. The zero-order chi connectivity index (χ0) is 25.8. The van der Waals surface area contributed by atoms with Crippen LogP contribution in [-0.4, -0.2) is 23.0 Å². The molecule has 0 spiro atoms. The van der Waals surface area contributed by atoms with Crippen molar-refractivity contribution < 1.29 is 8.42 Å². The Morgan fingerprint density at radius 2 is 1.42 bits per heavy atom. The van der Waals surface area contributed by atoms with Gasteiger partial charge in [-0.25, -0.2) is 13.1 Å². The van der Waals surface area contributed by atoms with Crippen molar-refractivity contribution in [3.05, 3.63) is 102 Å². The molecule has 190 valence electrons. The summed E-state index contributed by atoms with van der Waals surface area (Å²) in [5.41, 5.74) is 2.47. The third-order valence-corrected chi connectivity index (χ3v) is 15.4. The van der Waals surface area contributed by atoms with Gasteiger partial charge in [-0.1, -0.05) is 121 Å². The summed E-state index contributed by atoms with van der Waals surface area (Å²) in [5, 5.41) is 2.95. The van der Waals surface area contributed by atoms with E-state index in [1.807, 2.05) is 19.1 Å². The average molecular weight is 518 g/mol. The highest BCUT2D eigenvalue weighted by molar-refractivity contribution is 7.89. The molecule has 3 nitrogen and oxygen atoms in total. The number of sulfonamides is 1. The van der Waals surface area contributed by atoms with Gasteiger partial charge in [0, 0.05) is 6.54 Å². The quantitative estimate of drug-likeness (QED) is 0.291. The average Bonchev–Trinajstić information content (AvgIpc) is 2.87. The maximum absolute atomic E-state index is 13.1. The van der Waals surface area contributed by atoms with Crippen LogP contribution < -0.4 is 15.1 Å². The fourth-order valence-electron chi connectivity index (χ4n) is 5.72. The van der Waals surface area contributed by atoms with Gasteiger partial charge in [0.05, 0.1) is 4.90 Å². The minimum absolute atomic E-state index is 0.0694. The van der Waals surface area contributed by atoms with Crippen molar-refractivity contribution in [3.63, 3.8) is 0 Å². The Bertz CT molecular complexity index is 1240. The normalized spacial score (nSPS) is 17.0. The molecular formula is C31H39NO2SSi. The van der Waals surface area contributed by atoms with Crippen molar-refractivity contribution in [3.8, 4) is 0 Å². The lowest BCUT2D eigenvalue weighted by Crippen LogP contribution is -2.64. The van der Waals surface area contributed by atoms with E-state index < -0.39 is 18.1 Å². The first-order valence-electron chi connectivity index (χ1n) is 13.0. The van der Waals surface area contributed by atoms with Crippen LogP contribution in [0.4, 0.5) is 0 Å². The van der Waals surface area contributed by atoms with Gasteiger partial charge in [0.25, 0.3) is 0 Å². The minimum Gasteiger partial charge on any atom is -0.211 e. The van der Waals surface area contributed by atoms with E-state index in [1.165, 1.54) is 15.9 Å². The SMILES string of the molecule is Cc1ccc(S(=O)(=O)NC[C@@H]2CCCC=C2C[Si](c2ccccc2)(c2ccccc2)C(C)(C)C)cc1. The maximum Gasteiger partial charge on any atom is 0.240 e. The van der Waals surface area contributed by atoms with Crippen molar-refractivity contribution in [2.75, 3.05) is 6.54 Å². The number of allylic oxidation sites excluding steroid dienone is 1. The standard InChI is InChI=1S/C31H39NO2SSi/c1-25-19-21-28(22-20-25)35(33,34)32-23-26-13-11-12-14-27(26)24-36(31(2,3)4,29-15-7-5-8-16-29)30-17-9-6-10-18-30/h5-10,14-22,26,32H,11-13,23-24H2,1-4H3/t26-/m0/s1. The molecule has 36 heavy (non-hydrogen) atoms. The summed E-state index contributed by atoms with van der Waals surface area (Å²) in [7, 11) is -5.81. The Kier molecular flexibility index (Phi) is 8.03. The van der Waals surface area contributed by atoms with E-state index >= 15 is 0 Å². The van der Waals surface area contributed by atoms with Crippen LogP contribution in [0, 0.1) is 12.8 Å². The van der Waals surface area contributed by atoms with E-state index in [4.69, 9.17) is 0 Å². The van der Waals surface area contributed by atoms with E-state index in [0.717, 1.165) is 30.9 Å². The molecule has 0 saturated heterocycles. The number of nitrogens with one attached hydrogen (secondary N) is 1. The molecule has 0 unspecified atom stereocenters. The van der Waals surface area contributed by atoms with Crippen molar-refractivity contribution in [1.82, 2.24) is 4.72 Å². The van der Waals surface area contributed by atoms with Gasteiger partial charge < -0.3 is 0 Å². The van der Waals surface area contributed by atoms with Crippen molar-refractivity contribution in [1.29, 1.82) is 0 Å². The van der Waals surface area contributed by atoms with Crippen LogP contribution in [0.5, 0.6) is 0 Å². The van der Waals surface area contributed by atoms with Crippen LogP contribution in [0.1, 0.15) is 45.6 Å². The molecule has 0 fully saturated rings. The number of rotatable bonds is 8. The lowest BCUT2D eigenvalue weighted by molar-refractivity contribution is 0.493. The van der Waals surface area contributed by atoms with Gasteiger partial charge in [-0.2, -0.15) is 0 Å². The minimum atomic E-state index is -3.54. The summed E-state index contributed by atoms with van der Waals surface area (Å²) in [4.78, 5) is 0.335. The molecule has 3 aromatic rings.